The normalized spacial score (nSPS) is 13.1. The number of halogens is 1. The highest BCUT2D eigenvalue weighted by atomic mass is 32.1. The quantitative estimate of drug-likeness (QED) is 0.280. The van der Waals surface area contributed by atoms with E-state index in [0.29, 0.717) is 26.4 Å². The van der Waals surface area contributed by atoms with Gasteiger partial charge in [0.25, 0.3) is 5.56 Å². The molecule has 0 saturated heterocycles. The number of ether oxygens (including phenoxy) is 3. The van der Waals surface area contributed by atoms with Gasteiger partial charge in [-0.15, -0.1) is 4.80 Å². The first-order valence-corrected chi connectivity index (χ1v) is 12.3. The number of aryl methyl sites for hydroxylation is 1. The van der Waals surface area contributed by atoms with Crippen LogP contribution in [-0.2, 0) is 20.8 Å². The van der Waals surface area contributed by atoms with E-state index in [-0.39, 0.29) is 30.0 Å². The Morgan fingerprint density at radius 3 is 2.53 bits per heavy atom. The lowest BCUT2D eigenvalue weighted by molar-refractivity contribution is -0.140. The second kappa shape index (κ2) is 11.2. The van der Waals surface area contributed by atoms with Crippen LogP contribution in [0.15, 0.2) is 40.2 Å². The van der Waals surface area contributed by atoms with Gasteiger partial charge in [-0.25, -0.2) is 18.5 Å². The third-order valence-electron chi connectivity index (χ3n) is 6.06. The predicted octanol–water partition coefficient (Wildman–Crippen LogP) is 2.31. The van der Waals surface area contributed by atoms with Gasteiger partial charge in [0.05, 0.1) is 44.6 Å². The molecule has 0 saturated carbocycles. The molecular formula is C24H26FN5O7S. The molecule has 14 heteroatoms. The maximum atomic E-state index is 14.3. The first-order chi connectivity index (χ1) is 18.2. The lowest BCUT2D eigenvalue weighted by atomic mass is 10.1. The van der Waals surface area contributed by atoms with Crippen molar-refractivity contribution in [3.63, 3.8) is 0 Å². The second-order valence-electron chi connectivity index (χ2n) is 8.35. The molecule has 0 aliphatic rings. The van der Waals surface area contributed by atoms with Gasteiger partial charge in [0.15, 0.2) is 0 Å². The Morgan fingerprint density at radius 2 is 1.89 bits per heavy atom. The van der Waals surface area contributed by atoms with Crippen LogP contribution in [0.3, 0.4) is 0 Å². The zero-order chi connectivity index (χ0) is 27.6. The van der Waals surface area contributed by atoms with Crippen molar-refractivity contribution in [3.8, 4) is 10.8 Å². The minimum atomic E-state index is -1.45. The first kappa shape index (κ1) is 27.2. The first-order valence-electron chi connectivity index (χ1n) is 11.5. The van der Waals surface area contributed by atoms with Crippen molar-refractivity contribution in [1.82, 2.24) is 24.1 Å². The Labute approximate surface area is 219 Å². The molecule has 0 aliphatic carbocycles. The van der Waals surface area contributed by atoms with E-state index in [1.165, 1.54) is 61.1 Å². The van der Waals surface area contributed by atoms with Crippen molar-refractivity contribution in [1.29, 1.82) is 0 Å². The summed E-state index contributed by atoms with van der Waals surface area (Å²) in [6.07, 6.45) is 2.02. The highest BCUT2D eigenvalue weighted by molar-refractivity contribution is 7.21. The van der Waals surface area contributed by atoms with E-state index < -0.39 is 35.2 Å². The Balaban J connectivity index is 1.99. The van der Waals surface area contributed by atoms with E-state index in [0.717, 1.165) is 11.3 Å². The van der Waals surface area contributed by atoms with Crippen LogP contribution in [0, 0.1) is 12.7 Å². The number of methoxy groups -OCH3 is 2. The molecule has 2 atom stereocenters. The van der Waals surface area contributed by atoms with Crippen molar-refractivity contribution in [2.75, 3.05) is 27.4 Å². The molecule has 3 aromatic heterocycles. The number of nitrogens with zero attached hydrogens (tertiary/aromatic N) is 5. The third-order valence-corrected chi connectivity index (χ3v) is 7.34. The van der Waals surface area contributed by atoms with Gasteiger partial charge in [0.2, 0.25) is 0 Å². The molecule has 202 valence electrons. The van der Waals surface area contributed by atoms with E-state index in [4.69, 9.17) is 14.2 Å². The van der Waals surface area contributed by atoms with Gasteiger partial charge in [-0.2, -0.15) is 10.2 Å². The minimum absolute atomic E-state index is 0.107. The number of hydrogen-bond acceptors (Lipinski definition) is 9. The fourth-order valence-corrected chi connectivity index (χ4v) is 5.33. The second-order valence-corrected chi connectivity index (χ2v) is 9.33. The van der Waals surface area contributed by atoms with E-state index in [1.54, 1.807) is 6.92 Å². The van der Waals surface area contributed by atoms with E-state index in [9.17, 15) is 23.9 Å². The number of aliphatic carboxylic acids is 1. The number of hydrogen-bond donors (Lipinski definition) is 1. The summed E-state index contributed by atoms with van der Waals surface area (Å²) in [5, 5.41) is 18.5. The fourth-order valence-electron chi connectivity index (χ4n) is 4.11. The average Bonchev–Trinajstić information content (AvgIpc) is 3.53. The van der Waals surface area contributed by atoms with Gasteiger partial charge in [-0.1, -0.05) is 11.3 Å². The van der Waals surface area contributed by atoms with Gasteiger partial charge in [0, 0.05) is 18.2 Å². The molecule has 38 heavy (non-hydrogen) atoms. The molecule has 3 heterocycles. The van der Waals surface area contributed by atoms with Gasteiger partial charge < -0.3 is 19.3 Å². The number of fused-ring (bicyclic) bond motifs is 1. The van der Waals surface area contributed by atoms with Crippen LogP contribution in [-0.4, -0.2) is 62.6 Å². The predicted molar refractivity (Wildman–Crippen MR) is 136 cm³/mol. The van der Waals surface area contributed by atoms with Crippen molar-refractivity contribution < 1.29 is 28.5 Å². The molecule has 0 spiro atoms. The lowest BCUT2D eigenvalue weighted by Gasteiger charge is -2.23. The molecule has 12 nitrogen and oxygen atoms in total. The Hall–Kier alpha value is -3.88. The van der Waals surface area contributed by atoms with Crippen molar-refractivity contribution in [3.05, 3.63) is 68.4 Å². The summed E-state index contributed by atoms with van der Waals surface area (Å²) < 4.78 is 32.8. The third kappa shape index (κ3) is 4.97. The van der Waals surface area contributed by atoms with Crippen molar-refractivity contribution in [2.45, 2.75) is 32.5 Å². The number of carbonyl (C=O) groups is 1. The molecule has 1 aromatic carbocycles. The summed E-state index contributed by atoms with van der Waals surface area (Å²) in [5.41, 5.74) is -0.792. The molecular weight excluding hydrogens is 521 g/mol. The Morgan fingerprint density at radius 1 is 1.18 bits per heavy atom. The highest BCUT2D eigenvalue weighted by Crippen LogP contribution is 2.34. The smallest absolute Gasteiger partial charge is 0.333 e. The molecule has 0 unspecified atom stereocenters. The fraction of sp³-hybridized carbons (Fsp3) is 0.375. The van der Waals surface area contributed by atoms with Crippen LogP contribution in [0.4, 0.5) is 4.39 Å². The molecule has 0 bridgehead atoms. The summed E-state index contributed by atoms with van der Waals surface area (Å²) >= 11 is 1.10. The van der Waals surface area contributed by atoms with Gasteiger partial charge in [-0.3, -0.25) is 9.36 Å². The molecule has 0 amide bonds. The number of carboxylic acid groups (broad SMARTS) is 1. The number of benzene rings is 1. The number of rotatable bonds is 11. The van der Waals surface area contributed by atoms with Gasteiger partial charge >= 0.3 is 11.7 Å². The Bertz CT molecular complexity index is 1580. The molecule has 0 radical (unpaired) electrons. The summed E-state index contributed by atoms with van der Waals surface area (Å²) in [4.78, 5) is 40.6. The number of carboxylic acids is 1. The topological polar surface area (TPSA) is 140 Å². The number of aromatic nitrogens is 5. The van der Waals surface area contributed by atoms with Crippen LogP contribution in [0.2, 0.25) is 0 Å². The summed E-state index contributed by atoms with van der Waals surface area (Å²) in [6, 6.07) is 2.47. The molecule has 4 rings (SSSR count). The molecule has 4 aromatic rings. The lowest BCUT2D eigenvalue weighted by Crippen LogP contribution is -2.44. The van der Waals surface area contributed by atoms with E-state index in [2.05, 4.69) is 10.2 Å². The van der Waals surface area contributed by atoms with Crippen molar-refractivity contribution >= 4 is 27.5 Å². The van der Waals surface area contributed by atoms with Gasteiger partial charge in [0.1, 0.15) is 33.5 Å². The zero-order valence-electron chi connectivity index (χ0n) is 21.1. The van der Waals surface area contributed by atoms with Crippen molar-refractivity contribution in [2.24, 2.45) is 0 Å². The average molecular weight is 548 g/mol. The van der Waals surface area contributed by atoms with Crippen LogP contribution in [0.5, 0.6) is 5.75 Å². The monoisotopic (exact) mass is 547 g/mol. The molecule has 0 aliphatic heterocycles. The summed E-state index contributed by atoms with van der Waals surface area (Å²) in [6.45, 7) is 3.07. The van der Waals surface area contributed by atoms with Crippen LogP contribution >= 0.6 is 11.3 Å². The van der Waals surface area contributed by atoms with Crippen LogP contribution in [0.1, 0.15) is 30.2 Å². The maximum Gasteiger partial charge on any atom is 0.333 e. The molecule has 0 fully saturated rings. The van der Waals surface area contributed by atoms with E-state index >= 15 is 0 Å². The Kier molecular flexibility index (Phi) is 8.04. The summed E-state index contributed by atoms with van der Waals surface area (Å²) in [7, 11) is 2.92. The van der Waals surface area contributed by atoms with E-state index in [1.807, 2.05) is 0 Å². The van der Waals surface area contributed by atoms with Gasteiger partial charge in [-0.05, 0) is 32.0 Å². The number of thiophene rings is 1. The minimum Gasteiger partial charge on any atom is -0.496 e. The zero-order valence-corrected chi connectivity index (χ0v) is 21.9. The van der Waals surface area contributed by atoms with Crippen LogP contribution in [0.25, 0.3) is 15.2 Å². The SMILES string of the molecule is COCCO[C@@H](Cn1c(=O)n([C@H](C)C(=O)O)c(=O)c2c(C)c(-n3nccn3)sc21)c1cc(F)ccc1OC. The highest BCUT2D eigenvalue weighted by Gasteiger charge is 2.28. The maximum absolute atomic E-state index is 14.3. The summed E-state index contributed by atoms with van der Waals surface area (Å²) in [5.74, 6) is -1.56. The molecule has 1 N–H and O–H groups in total. The standard InChI is InChI=1S/C24H26FN5O7S/c1-13-19-20(31)29(14(2)23(32)33)24(34)28(22(19)38-21(13)30-26-7-8-27-30)12-18(37-10-9-35-3)16-11-15(25)5-6-17(16)36-4/h5-8,11,14,18H,9-10,12H2,1-4H3,(H,32,33)/t14-,18+/m1/s1. The van der Waals surface area contributed by atoms with Crippen LogP contribution < -0.4 is 16.0 Å². The largest absolute Gasteiger partial charge is 0.496 e.